The summed E-state index contributed by atoms with van der Waals surface area (Å²) in [5.74, 6) is -0.535. The Morgan fingerprint density at radius 1 is 1.14 bits per heavy atom. The van der Waals surface area contributed by atoms with Crippen LogP contribution in [0.1, 0.15) is 21.5 Å². The highest BCUT2D eigenvalue weighted by molar-refractivity contribution is 6.31. The second-order valence-corrected chi connectivity index (χ2v) is 7.00. The fraction of sp³-hybridized carbons (Fsp3) is 0.190. The summed E-state index contributed by atoms with van der Waals surface area (Å²) in [7, 11) is 1.59. The highest BCUT2D eigenvalue weighted by Crippen LogP contribution is 2.16. The minimum Gasteiger partial charge on any atom is -0.332 e. The molecular weight excluding hydrogens is 376 g/mol. The van der Waals surface area contributed by atoms with Gasteiger partial charge in [0.25, 0.3) is 5.91 Å². The van der Waals surface area contributed by atoms with E-state index in [2.05, 4.69) is 10.4 Å². The molecule has 1 aromatic heterocycles. The number of benzene rings is 2. The molecule has 0 unspecified atom stereocenters. The van der Waals surface area contributed by atoms with E-state index in [1.165, 1.54) is 11.1 Å². The maximum Gasteiger partial charge on any atom is 0.257 e. The van der Waals surface area contributed by atoms with Gasteiger partial charge in [0.2, 0.25) is 5.91 Å². The first kappa shape index (κ1) is 19.6. The van der Waals surface area contributed by atoms with Crippen molar-refractivity contribution in [3.8, 4) is 0 Å². The fourth-order valence-corrected chi connectivity index (χ4v) is 2.90. The largest absolute Gasteiger partial charge is 0.332 e. The number of aryl methyl sites for hydroxylation is 1. The van der Waals surface area contributed by atoms with Crippen LogP contribution in [0.15, 0.2) is 60.9 Å². The summed E-state index contributed by atoms with van der Waals surface area (Å²) in [6.07, 6.45) is 3.15. The van der Waals surface area contributed by atoms with E-state index in [0.717, 1.165) is 11.1 Å². The summed E-state index contributed by atoms with van der Waals surface area (Å²) in [5.41, 5.74) is 3.14. The van der Waals surface area contributed by atoms with Gasteiger partial charge in [-0.3, -0.25) is 14.3 Å². The Morgan fingerprint density at radius 3 is 2.57 bits per heavy atom. The molecule has 2 amide bonds. The van der Waals surface area contributed by atoms with Gasteiger partial charge in [0, 0.05) is 24.0 Å². The van der Waals surface area contributed by atoms with Gasteiger partial charge >= 0.3 is 0 Å². The lowest BCUT2D eigenvalue weighted by Crippen LogP contribution is -2.34. The first-order valence-electron chi connectivity index (χ1n) is 8.80. The van der Waals surface area contributed by atoms with Gasteiger partial charge in [0.1, 0.15) is 0 Å². The van der Waals surface area contributed by atoms with Crippen LogP contribution in [0.4, 0.5) is 5.69 Å². The Bertz CT molecular complexity index is 982. The van der Waals surface area contributed by atoms with Crippen LogP contribution in [-0.2, 0) is 11.3 Å². The molecule has 0 bridgehead atoms. The van der Waals surface area contributed by atoms with E-state index in [9.17, 15) is 9.59 Å². The zero-order valence-corrected chi connectivity index (χ0v) is 16.5. The van der Waals surface area contributed by atoms with E-state index in [-0.39, 0.29) is 18.4 Å². The molecule has 6 nitrogen and oxygen atoms in total. The number of amides is 2. The summed E-state index contributed by atoms with van der Waals surface area (Å²) >= 11 is 6.17. The van der Waals surface area contributed by atoms with E-state index in [0.29, 0.717) is 22.8 Å². The zero-order valence-electron chi connectivity index (χ0n) is 15.7. The number of nitrogens with one attached hydrogen (secondary N) is 1. The molecule has 0 saturated carbocycles. The molecule has 2 aromatic carbocycles. The van der Waals surface area contributed by atoms with Crippen LogP contribution in [-0.4, -0.2) is 40.1 Å². The molecule has 1 heterocycles. The van der Waals surface area contributed by atoms with E-state index in [1.807, 2.05) is 55.5 Å². The second-order valence-electron chi connectivity index (χ2n) is 6.59. The van der Waals surface area contributed by atoms with Gasteiger partial charge in [0.15, 0.2) is 0 Å². The van der Waals surface area contributed by atoms with Gasteiger partial charge in [-0.05, 0) is 30.7 Å². The van der Waals surface area contributed by atoms with E-state index >= 15 is 0 Å². The van der Waals surface area contributed by atoms with Crippen molar-refractivity contribution in [1.82, 2.24) is 14.7 Å². The van der Waals surface area contributed by atoms with Crippen molar-refractivity contribution in [3.05, 3.63) is 82.6 Å². The second kappa shape index (κ2) is 8.71. The van der Waals surface area contributed by atoms with Gasteiger partial charge in [-0.15, -0.1) is 0 Å². The molecule has 0 aliphatic carbocycles. The van der Waals surface area contributed by atoms with Crippen molar-refractivity contribution in [2.45, 2.75) is 13.5 Å². The Kier molecular flexibility index (Phi) is 6.11. The Hall–Kier alpha value is -3.12. The third-order valence-electron chi connectivity index (χ3n) is 4.23. The minimum absolute atomic E-state index is 0.0532. The summed E-state index contributed by atoms with van der Waals surface area (Å²) in [6.45, 7) is 2.39. The van der Waals surface area contributed by atoms with Crippen LogP contribution in [0.2, 0.25) is 5.02 Å². The highest BCUT2D eigenvalue weighted by Gasteiger charge is 2.17. The van der Waals surface area contributed by atoms with Crippen molar-refractivity contribution >= 4 is 29.1 Å². The lowest BCUT2D eigenvalue weighted by atomic mass is 10.2. The van der Waals surface area contributed by atoms with E-state index in [1.54, 1.807) is 17.9 Å². The molecule has 0 aliphatic rings. The van der Waals surface area contributed by atoms with Gasteiger partial charge in [-0.2, -0.15) is 5.10 Å². The molecule has 3 rings (SSSR count). The summed E-state index contributed by atoms with van der Waals surface area (Å²) in [6, 6.07) is 15.0. The van der Waals surface area contributed by atoms with Gasteiger partial charge in [-0.1, -0.05) is 47.5 Å². The quantitative estimate of drug-likeness (QED) is 0.692. The number of carbonyl (C=O) groups excluding carboxylic acids is 2. The number of hydrogen-bond donors (Lipinski definition) is 1. The van der Waals surface area contributed by atoms with Crippen molar-refractivity contribution in [3.63, 3.8) is 0 Å². The third-order valence-corrected chi connectivity index (χ3v) is 4.60. The average molecular weight is 397 g/mol. The van der Waals surface area contributed by atoms with Crippen LogP contribution in [0.25, 0.3) is 0 Å². The number of aromatic nitrogens is 2. The lowest BCUT2D eigenvalue weighted by molar-refractivity contribution is -0.116. The van der Waals surface area contributed by atoms with Crippen LogP contribution < -0.4 is 5.32 Å². The van der Waals surface area contributed by atoms with Crippen molar-refractivity contribution in [2.24, 2.45) is 0 Å². The van der Waals surface area contributed by atoms with Crippen molar-refractivity contribution in [1.29, 1.82) is 0 Å². The zero-order chi connectivity index (χ0) is 20.1. The SMILES string of the molecule is Cc1ccc(NC(=O)CN(C)C(=O)c2cnn(Cc3ccccc3Cl)c2)cc1. The number of halogens is 1. The number of anilines is 1. The Morgan fingerprint density at radius 2 is 1.86 bits per heavy atom. The highest BCUT2D eigenvalue weighted by atomic mass is 35.5. The molecule has 0 aliphatic heterocycles. The lowest BCUT2D eigenvalue weighted by Gasteiger charge is -2.16. The smallest absolute Gasteiger partial charge is 0.257 e. The third kappa shape index (κ3) is 4.98. The monoisotopic (exact) mass is 396 g/mol. The molecular formula is C21H21ClN4O2. The topological polar surface area (TPSA) is 67.2 Å². The van der Waals surface area contributed by atoms with Gasteiger partial charge in [-0.25, -0.2) is 0 Å². The van der Waals surface area contributed by atoms with Crippen molar-refractivity contribution in [2.75, 3.05) is 18.9 Å². The fourth-order valence-electron chi connectivity index (χ4n) is 2.71. The average Bonchev–Trinajstić information content (AvgIpc) is 3.13. The molecule has 0 radical (unpaired) electrons. The molecule has 3 aromatic rings. The van der Waals surface area contributed by atoms with Crippen LogP contribution >= 0.6 is 11.6 Å². The summed E-state index contributed by atoms with van der Waals surface area (Å²) in [4.78, 5) is 26.1. The van der Waals surface area contributed by atoms with Crippen LogP contribution in [0.3, 0.4) is 0 Å². The Balaban J connectivity index is 1.59. The predicted molar refractivity (Wildman–Crippen MR) is 110 cm³/mol. The first-order valence-corrected chi connectivity index (χ1v) is 9.18. The molecule has 0 fully saturated rings. The molecule has 144 valence electrons. The van der Waals surface area contributed by atoms with Gasteiger partial charge < -0.3 is 10.2 Å². The number of likely N-dealkylation sites (N-methyl/N-ethyl adjacent to an activating group) is 1. The Labute approximate surface area is 168 Å². The molecule has 1 N–H and O–H groups in total. The standard InChI is InChI=1S/C21H21ClN4O2/c1-15-7-9-18(10-8-15)24-20(27)14-25(2)21(28)17-11-23-26(13-17)12-16-5-3-4-6-19(16)22/h3-11,13H,12,14H2,1-2H3,(H,24,27). The number of hydrogen-bond acceptors (Lipinski definition) is 3. The number of nitrogens with zero attached hydrogens (tertiary/aromatic N) is 3. The minimum atomic E-state index is -0.274. The molecule has 0 atom stereocenters. The van der Waals surface area contributed by atoms with E-state index < -0.39 is 0 Å². The van der Waals surface area contributed by atoms with Crippen LogP contribution in [0.5, 0.6) is 0 Å². The normalized spacial score (nSPS) is 10.5. The van der Waals surface area contributed by atoms with Gasteiger partial charge in [0.05, 0.1) is 24.8 Å². The van der Waals surface area contributed by atoms with Crippen LogP contribution in [0, 0.1) is 6.92 Å². The summed E-state index contributed by atoms with van der Waals surface area (Å²) < 4.78 is 1.65. The molecule has 28 heavy (non-hydrogen) atoms. The van der Waals surface area contributed by atoms with E-state index in [4.69, 9.17) is 11.6 Å². The number of carbonyl (C=O) groups is 2. The van der Waals surface area contributed by atoms with Crippen molar-refractivity contribution < 1.29 is 9.59 Å². The molecule has 0 spiro atoms. The maximum absolute atomic E-state index is 12.6. The maximum atomic E-state index is 12.6. The first-order chi connectivity index (χ1) is 13.4. The molecule has 7 heteroatoms. The number of rotatable bonds is 6. The summed E-state index contributed by atoms with van der Waals surface area (Å²) in [5, 5.41) is 7.65. The predicted octanol–water partition coefficient (Wildman–Crippen LogP) is 3.60. The molecule has 0 saturated heterocycles.